The predicted octanol–water partition coefficient (Wildman–Crippen LogP) is 4.19. The van der Waals surface area contributed by atoms with E-state index in [9.17, 15) is 4.79 Å². The van der Waals surface area contributed by atoms with Crippen LogP contribution in [0.1, 0.15) is 27.2 Å². The van der Waals surface area contributed by atoms with E-state index in [1.807, 2.05) is 36.4 Å². The van der Waals surface area contributed by atoms with Crippen LogP contribution >= 0.6 is 11.6 Å². The van der Waals surface area contributed by atoms with Crippen LogP contribution in [0.5, 0.6) is 0 Å². The van der Waals surface area contributed by atoms with Crippen molar-refractivity contribution in [2.24, 2.45) is 5.41 Å². The van der Waals surface area contributed by atoms with Crippen molar-refractivity contribution in [2.45, 2.75) is 33.2 Å². The molecule has 6 heteroatoms. The van der Waals surface area contributed by atoms with E-state index in [2.05, 4.69) is 36.1 Å². The first-order valence-corrected chi connectivity index (χ1v) is 8.11. The Morgan fingerprint density at radius 3 is 2.50 bits per heavy atom. The smallest absolute Gasteiger partial charge is 0.307 e. The zero-order chi connectivity index (χ0) is 17.7. The summed E-state index contributed by atoms with van der Waals surface area (Å²) in [6.45, 7) is 6.15. The van der Waals surface area contributed by atoms with Crippen LogP contribution in [0.25, 0.3) is 11.3 Å². The summed E-state index contributed by atoms with van der Waals surface area (Å²) in [6.07, 6.45) is 0.238. The van der Waals surface area contributed by atoms with Crippen LogP contribution in [-0.2, 0) is 9.53 Å². The Bertz CT molecular complexity index is 699. The van der Waals surface area contributed by atoms with Crippen LogP contribution in [0.4, 0.5) is 5.82 Å². The van der Waals surface area contributed by atoms with Gasteiger partial charge in [0.1, 0.15) is 5.82 Å². The molecule has 1 aromatic carbocycles. The van der Waals surface area contributed by atoms with Gasteiger partial charge in [0.05, 0.1) is 19.2 Å². The van der Waals surface area contributed by atoms with Gasteiger partial charge in [-0.05, 0) is 17.0 Å². The quantitative estimate of drug-likeness (QED) is 0.649. The number of anilines is 1. The van der Waals surface area contributed by atoms with E-state index >= 15 is 0 Å². The highest BCUT2D eigenvalue weighted by molar-refractivity contribution is 6.28. The fraction of sp³-hybridized carbons (Fsp3) is 0.389. The molecule has 0 amide bonds. The number of ether oxygens (including phenoxy) is 1. The van der Waals surface area contributed by atoms with Crippen molar-refractivity contribution in [3.05, 3.63) is 41.7 Å². The molecule has 1 heterocycles. The molecule has 0 aliphatic carbocycles. The summed E-state index contributed by atoms with van der Waals surface area (Å²) in [5.41, 5.74) is 1.51. The monoisotopic (exact) mass is 347 g/mol. The van der Waals surface area contributed by atoms with Crippen molar-refractivity contribution in [1.82, 2.24) is 9.97 Å². The van der Waals surface area contributed by atoms with Crippen LogP contribution in [-0.4, -0.2) is 29.1 Å². The molecule has 1 N–H and O–H groups in total. The zero-order valence-corrected chi connectivity index (χ0v) is 15.1. The van der Waals surface area contributed by atoms with E-state index in [1.54, 1.807) is 0 Å². The lowest BCUT2D eigenvalue weighted by Gasteiger charge is -2.31. The third-order valence-electron chi connectivity index (χ3n) is 3.73. The van der Waals surface area contributed by atoms with Gasteiger partial charge in [0, 0.05) is 17.7 Å². The van der Waals surface area contributed by atoms with Gasteiger partial charge < -0.3 is 10.1 Å². The summed E-state index contributed by atoms with van der Waals surface area (Å²) < 4.78 is 4.79. The second-order valence-electron chi connectivity index (χ2n) is 6.62. The number of aromatic nitrogens is 2. The Kier molecular flexibility index (Phi) is 5.78. The second kappa shape index (κ2) is 7.62. The second-order valence-corrected chi connectivity index (χ2v) is 6.95. The minimum Gasteiger partial charge on any atom is -0.469 e. The lowest BCUT2D eigenvalue weighted by Crippen LogP contribution is -2.36. The van der Waals surface area contributed by atoms with Gasteiger partial charge in [0.25, 0.3) is 0 Å². The topological polar surface area (TPSA) is 64.1 Å². The molecule has 0 saturated carbocycles. The highest BCUT2D eigenvalue weighted by atomic mass is 35.5. The number of nitrogens with zero attached hydrogens (tertiary/aromatic N) is 2. The number of benzene rings is 1. The number of carbonyl (C=O) groups is 1. The van der Waals surface area contributed by atoms with Gasteiger partial charge in [0.15, 0.2) is 0 Å². The van der Waals surface area contributed by atoms with Crippen molar-refractivity contribution in [1.29, 1.82) is 0 Å². The molecule has 1 aromatic heterocycles. The largest absolute Gasteiger partial charge is 0.469 e. The van der Waals surface area contributed by atoms with E-state index < -0.39 is 0 Å². The summed E-state index contributed by atoms with van der Waals surface area (Å²) in [7, 11) is 1.39. The average Bonchev–Trinajstić information content (AvgIpc) is 2.53. The van der Waals surface area contributed by atoms with Crippen LogP contribution in [0.2, 0.25) is 5.28 Å². The maximum atomic E-state index is 11.7. The Morgan fingerprint density at radius 2 is 1.92 bits per heavy atom. The van der Waals surface area contributed by atoms with Crippen LogP contribution in [0.15, 0.2) is 36.4 Å². The Balaban J connectivity index is 2.30. The summed E-state index contributed by atoms with van der Waals surface area (Å²) in [5, 5.41) is 3.46. The molecule has 0 aliphatic heterocycles. The molecule has 1 atom stereocenters. The van der Waals surface area contributed by atoms with Gasteiger partial charge in [-0.1, -0.05) is 51.1 Å². The van der Waals surface area contributed by atoms with E-state index in [4.69, 9.17) is 16.3 Å². The lowest BCUT2D eigenvalue weighted by molar-refractivity contribution is -0.141. The molecule has 0 bridgehead atoms. The molecule has 0 saturated heterocycles. The standard InChI is InChI=1S/C18H22ClN3O2/c1-18(2,3)14(11-16(23)24-4)21-15-10-13(20-17(19)22-15)12-8-6-5-7-9-12/h5-10,14H,11H2,1-4H3,(H,20,21,22). The molecule has 2 rings (SSSR count). The first-order valence-electron chi connectivity index (χ1n) is 7.73. The predicted molar refractivity (Wildman–Crippen MR) is 96.0 cm³/mol. The molecule has 0 spiro atoms. The SMILES string of the molecule is COC(=O)CC(Nc1cc(-c2ccccc2)nc(Cl)n1)C(C)(C)C. The number of hydrogen-bond donors (Lipinski definition) is 1. The normalized spacial score (nSPS) is 12.5. The van der Waals surface area contributed by atoms with E-state index in [0.29, 0.717) is 5.82 Å². The first-order chi connectivity index (χ1) is 11.3. The average molecular weight is 348 g/mol. The zero-order valence-electron chi connectivity index (χ0n) is 14.3. The summed E-state index contributed by atoms with van der Waals surface area (Å²) in [5.74, 6) is 0.309. The molecule has 2 aromatic rings. The molecule has 128 valence electrons. The number of carbonyl (C=O) groups excluding carboxylic acids is 1. The lowest BCUT2D eigenvalue weighted by atomic mass is 9.84. The van der Waals surface area contributed by atoms with Gasteiger partial charge in [-0.15, -0.1) is 0 Å². The van der Waals surface area contributed by atoms with Crippen molar-refractivity contribution < 1.29 is 9.53 Å². The molecular weight excluding hydrogens is 326 g/mol. The van der Waals surface area contributed by atoms with Crippen LogP contribution in [0.3, 0.4) is 0 Å². The molecule has 0 fully saturated rings. The van der Waals surface area contributed by atoms with Gasteiger partial charge in [0.2, 0.25) is 5.28 Å². The van der Waals surface area contributed by atoms with E-state index in [1.165, 1.54) is 7.11 Å². The number of hydrogen-bond acceptors (Lipinski definition) is 5. The van der Waals surface area contributed by atoms with Gasteiger partial charge in [-0.2, -0.15) is 0 Å². The van der Waals surface area contributed by atoms with Gasteiger partial charge >= 0.3 is 5.97 Å². The summed E-state index contributed by atoms with van der Waals surface area (Å²) >= 11 is 6.08. The molecule has 24 heavy (non-hydrogen) atoms. The van der Waals surface area contributed by atoms with Gasteiger partial charge in [-0.3, -0.25) is 4.79 Å². The highest BCUT2D eigenvalue weighted by Crippen LogP contribution is 2.27. The van der Waals surface area contributed by atoms with E-state index in [-0.39, 0.29) is 29.1 Å². The number of halogens is 1. The number of nitrogens with one attached hydrogen (secondary N) is 1. The Labute approximate surface area is 147 Å². The number of methoxy groups -OCH3 is 1. The third kappa shape index (κ3) is 4.93. The molecule has 0 aliphatic rings. The number of esters is 1. The van der Waals surface area contributed by atoms with Crippen molar-refractivity contribution >= 4 is 23.4 Å². The minimum absolute atomic E-state index is 0.153. The molecule has 0 radical (unpaired) electrons. The molecular formula is C18H22ClN3O2. The maximum absolute atomic E-state index is 11.7. The Hall–Kier alpha value is -2.14. The minimum atomic E-state index is -0.272. The molecule has 5 nitrogen and oxygen atoms in total. The highest BCUT2D eigenvalue weighted by Gasteiger charge is 2.28. The van der Waals surface area contributed by atoms with Crippen molar-refractivity contribution in [3.63, 3.8) is 0 Å². The van der Waals surface area contributed by atoms with Crippen LogP contribution < -0.4 is 5.32 Å². The summed E-state index contributed by atoms with van der Waals surface area (Å²) in [6, 6.07) is 11.4. The third-order valence-corrected chi connectivity index (χ3v) is 3.90. The van der Waals surface area contributed by atoms with Crippen molar-refractivity contribution in [3.8, 4) is 11.3 Å². The fourth-order valence-electron chi connectivity index (χ4n) is 2.25. The molecule has 1 unspecified atom stereocenters. The first kappa shape index (κ1) is 18.2. The van der Waals surface area contributed by atoms with Crippen molar-refractivity contribution in [2.75, 3.05) is 12.4 Å². The summed E-state index contributed by atoms with van der Waals surface area (Å²) in [4.78, 5) is 20.2. The fourth-order valence-corrected chi connectivity index (χ4v) is 2.43. The van der Waals surface area contributed by atoms with Gasteiger partial charge in [-0.25, -0.2) is 9.97 Å². The Morgan fingerprint density at radius 1 is 1.25 bits per heavy atom. The number of rotatable bonds is 5. The van der Waals surface area contributed by atoms with Crippen LogP contribution in [0, 0.1) is 5.41 Å². The van der Waals surface area contributed by atoms with E-state index in [0.717, 1.165) is 11.3 Å². The maximum Gasteiger partial charge on any atom is 0.307 e.